The van der Waals surface area contributed by atoms with Gasteiger partial charge in [0.1, 0.15) is 5.82 Å². The average molecular weight is 378 g/mol. The summed E-state index contributed by atoms with van der Waals surface area (Å²) in [5.74, 6) is -0.567. The van der Waals surface area contributed by atoms with Crippen LogP contribution in [0.25, 0.3) is 6.08 Å². The van der Waals surface area contributed by atoms with Crippen LogP contribution < -0.4 is 5.73 Å². The molecule has 3 N–H and O–H groups in total. The summed E-state index contributed by atoms with van der Waals surface area (Å²) in [5, 5.41) is 9.12. The van der Waals surface area contributed by atoms with Gasteiger partial charge in [-0.1, -0.05) is 17.8 Å². The van der Waals surface area contributed by atoms with Crippen molar-refractivity contribution in [3.63, 3.8) is 0 Å². The number of aromatic carboxylic acids is 1. The summed E-state index contributed by atoms with van der Waals surface area (Å²) in [5.41, 5.74) is 5.97. The second-order valence-corrected chi connectivity index (χ2v) is 8.24. The molecule has 0 saturated carbocycles. The van der Waals surface area contributed by atoms with Gasteiger partial charge in [-0.25, -0.2) is 9.78 Å². The van der Waals surface area contributed by atoms with Gasteiger partial charge in [0, 0.05) is 24.4 Å². The van der Waals surface area contributed by atoms with E-state index >= 15 is 0 Å². The fraction of sp³-hybridized carbons (Fsp3) is 0.471. The van der Waals surface area contributed by atoms with Crippen molar-refractivity contribution in [1.29, 1.82) is 0 Å². The van der Waals surface area contributed by atoms with Crippen molar-refractivity contribution in [3.05, 3.63) is 28.9 Å². The van der Waals surface area contributed by atoms with E-state index in [9.17, 15) is 9.59 Å². The van der Waals surface area contributed by atoms with Gasteiger partial charge in [-0.15, -0.1) is 0 Å². The molecule has 0 atom stereocenters. The second kappa shape index (κ2) is 7.42. The summed E-state index contributed by atoms with van der Waals surface area (Å²) in [7, 11) is -0.667. The number of thioether (sulfide) groups is 1. The van der Waals surface area contributed by atoms with Gasteiger partial charge in [-0.3, -0.25) is 4.79 Å². The molecule has 0 radical (unpaired) electrons. The maximum atomic E-state index is 11.4. The Bertz CT molecular complexity index is 748. The van der Waals surface area contributed by atoms with E-state index < -0.39 is 24.3 Å². The maximum Gasteiger partial charge on any atom is 0.491 e. The van der Waals surface area contributed by atoms with E-state index in [1.54, 1.807) is 6.08 Å². The van der Waals surface area contributed by atoms with Crippen LogP contribution in [0.1, 0.15) is 50.5 Å². The Balaban J connectivity index is 2.42. The number of rotatable bonds is 5. The molecule has 1 aromatic heterocycles. The Kier molecular flexibility index (Phi) is 5.84. The summed E-state index contributed by atoms with van der Waals surface area (Å²) in [6.07, 6.45) is 2.89. The predicted molar refractivity (Wildman–Crippen MR) is 103 cm³/mol. The van der Waals surface area contributed by atoms with Crippen molar-refractivity contribution in [2.24, 2.45) is 0 Å². The lowest BCUT2D eigenvalue weighted by molar-refractivity contribution is -0.109. The van der Waals surface area contributed by atoms with E-state index in [1.807, 2.05) is 27.7 Å². The molecule has 26 heavy (non-hydrogen) atoms. The number of hydrogen-bond acceptors (Lipinski definition) is 7. The molecule has 9 heteroatoms. The van der Waals surface area contributed by atoms with Crippen molar-refractivity contribution >= 4 is 41.9 Å². The zero-order valence-electron chi connectivity index (χ0n) is 15.5. The first-order valence-corrected chi connectivity index (χ1v) is 9.10. The molecule has 140 valence electrons. The molecule has 2 heterocycles. The molecule has 0 spiro atoms. The van der Waals surface area contributed by atoms with E-state index in [0.717, 1.165) is 11.8 Å². The topological polar surface area (TPSA) is 112 Å². The number of nitrogen functional groups attached to an aromatic ring is 1. The summed E-state index contributed by atoms with van der Waals surface area (Å²) >= 11 is 1.12. The Morgan fingerprint density at radius 2 is 1.88 bits per heavy atom. The second-order valence-electron chi connectivity index (χ2n) is 7.09. The maximum absolute atomic E-state index is 11.4. The predicted octanol–water partition coefficient (Wildman–Crippen LogP) is 2.66. The van der Waals surface area contributed by atoms with Crippen LogP contribution in [-0.2, 0) is 14.1 Å². The number of anilines is 1. The number of hydrogen-bond donors (Lipinski definition) is 2. The number of carbonyl (C=O) groups is 2. The molecular weight excluding hydrogens is 355 g/mol. The third kappa shape index (κ3) is 4.46. The highest BCUT2D eigenvalue weighted by Gasteiger charge is 2.52. The van der Waals surface area contributed by atoms with Gasteiger partial charge in [0.05, 0.1) is 16.8 Å². The third-order valence-corrected chi connectivity index (χ3v) is 5.42. The van der Waals surface area contributed by atoms with Gasteiger partial charge in [0.25, 0.3) is 0 Å². The quantitative estimate of drug-likeness (QED) is 0.752. The molecule has 1 aromatic rings. The number of aromatic nitrogens is 1. The number of nitrogens with two attached hydrogens (primary N) is 1. The van der Waals surface area contributed by atoms with Crippen molar-refractivity contribution in [1.82, 2.24) is 4.98 Å². The largest absolute Gasteiger partial charge is 0.491 e. The molecule has 7 nitrogen and oxygen atoms in total. The molecule has 1 aliphatic rings. The summed E-state index contributed by atoms with van der Waals surface area (Å²) in [6, 6.07) is 1.44. The number of carboxylic acid groups (broad SMARTS) is 1. The fourth-order valence-electron chi connectivity index (χ4n) is 2.28. The fourth-order valence-corrected chi connectivity index (χ4v) is 2.87. The highest BCUT2D eigenvalue weighted by Crippen LogP contribution is 2.39. The Hall–Kier alpha value is -1.84. The van der Waals surface area contributed by atoms with Crippen LogP contribution in [0.4, 0.5) is 5.82 Å². The summed E-state index contributed by atoms with van der Waals surface area (Å²) in [6.45, 7) is 9.22. The first-order valence-electron chi connectivity index (χ1n) is 8.11. The van der Waals surface area contributed by atoms with Gasteiger partial charge in [0.15, 0.2) is 5.12 Å². The summed E-state index contributed by atoms with van der Waals surface area (Å²) in [4.78, 5) is 26.5. The van der Waals surface area contributed by atoms with Crippen molar-refractivity contribution < 1.29 is 24.0 Å². The zero-order chi connectivity index (χ0) is 19.7. The lowest BCUT2D eigenvalue weighted by atomic mass is 9.78. The van der Waals surface area contributed by atoms with E-state index in [1.165, 1.54) is 19.2 Å². The Labute approximate surface area is 157 Å². The normalized spacial score (nSPS) is 18.8. The number of carboxylic acids is 1. The smallest absolute Gasteiger partial charge is 0.478 e. The monoisotopic (exact) mass is 378 g/mol. The van der Waals surface area contributed by atoms with Crippen LogP contribution in [0.5, 0.6) is 0 Å². The summed E-state index contributed by atoms with van der Waals surface area (Å²) < 4.78 is 12.1. The van der Waals surface area contributed by atoms with Gasteiger partial charge in [0.2, 0.25) is 0 Å². The van der Waals surface area contributed by atoms with Crippen LogP contribution in [0, 0.1) is 0 Å². The molecule has 2 rings (SSSR count). The molecule has 1 fully saturated rings. The SMILES string of the molecule is CC(=O)SCC(=Cc1cc(C(=O)O)cnc1N)B1OC(C)(C)C(C)(C)O1. The van der Waals surface area contributed by atoms with Gasteiger partial charge in [-0.05, 0) is 39.2 Å². The van der Waals surface area contributed by atoms with E-state index in [2.05, 4.69) is 4.98 Å². The first-order chi connectivity index (χ1) is 11.9. The van der Waals surface area contributed by atoms with E-state index in [4.69, 9.17) is 20.1 Å². The van der Waals surface area contributed by atoms with Crippen LogP contribution in [0.2, 0.25) is 0 Å². The number of carbonyl (C=O) groups excluding carboxylic acids is 1. The minimum Gasteiger partial charge on any atom is -0.478 e. The minimum absolute atomic E-state index is 0.0259. The zero-order valence-corrected chi connectivity index (χ0v) is 16.3. The van der Waals surface area contributed by atoms with Crippen molar-refractivity contribution in [2.45, 2.75) is 45.8 Å². The Morgan fingerprint density at radius 1 is 1.31 bits per heavy atom. The Morgan fingerprint density at radius 3 is 2.38 bits per heavy atom. The molecular formula is C17H23BN2O5S. The minimum atomic E-state index is -1.09. The lowest BCUT2D eigenvalue weighted by Crippen LogP contribution is -2.41. The molecule has 0 unspecified atom stereocenters. The van der Waals surface area contributed by atoms with E-state index in [-0.39, 0.29) is 16.5 Å². The van der Waals surface area contributed by atoms with Crippen molar-refractivity contribution in [3.8, 4) is 0 Å². The highest BCUT2D eigenvalue weighted by atomic mass is 32.2. The molecule has 1 saturated heterocycles. The van der Waals surface area contributed by atoms with Crippen LogP contribution in [0.15, 0.2) is 17.7 Å². The van der Waals surface area contributed by atoms with Crippen LogP contribution in [0.3, 0.4) is 0 Å². The third-order valence-electron chi connectivity index (χ3n) is 4.54. The highest BCUT2D eigenvalue weighted by molar-refractivity contribution is 8.13. The number of nitrogens with zero attached hydrogens (tertiary/aromatic N) is 1. The molecule has 0 aliphatic carbocycles. The van der Waals surface area contributed by atoms with Gasteiger partial charge < -0.3 is 20.1 Å². The van der Waals surface area contributed by atoms with Crippen LogP contribution in [-0.4, -0.2) is 45.2 Å². The molecule has 1 aliphatic heterocycles. The molecule has 0 aromatic carbocycles. The molecule has 0 bridgehead atoms. The van der Waals surface area contributed by atoms with Gasteiger partial charge >= 0.3 is 13.1 Å². The van der Waals surface area contributed by atoms with Crippen LogP contribution >= 0.6 is 11.8 Å². The molecule has 0 amide bonds. The van der Waals surface area contributed by atoms with Crippen molar-refractivity contribution in [2.75, 3.05) is 11.5 Å². The van der Waals surface area contributed by atoms with E-state index in [0.29, 0.717) is 16.8 Å². The van der Waals surface area contributed by atoms with Gasteiger partial charge in [-0.2, -0.15) is 0 Å². The standard InChI is InChI=1S/C17H23BN2O5S/c1-10(21)26-9-13(18-24-16(2,3)17(4,5)25-18)7-11-6-12(15(22)23)8-20-14(11)19/h6-8H,9H2,1-5H3,(H2,19,20)(H,22,23). The first kappa shape index (κ1) is 20.5. The number of pyridine rings is 1. The lowest BCUT2D eigenvalue weighted by Gasteiger charge is -2.32. The average Bonchev–Trinajstić information content (AvgIpc) is 2.72.